The molecule has 2 aromatic carbocycles. The van der Waals surface area contributed by atoms with Gasteiger partial charge in [-0.05, 0) is 24.3 Å². The number of aromatic carboxylic acids is 1. The molecule has 2 N–H and O–H groups in total. The lowest BCUT2D eigenvalue weighted by Gasteiger charge is -2.08. The van der Waals surface area contributed by atoms with E-state index in [1.807, 2.05) is 24.3 Å². The molecule has 0 aliphatic rings. The number of ketones is 1. The van der Waals surface area contributed by atoms with E-state index >= 15 is 0 Å². The molecule has 0 amide bonds. The van der Waals surface area contributed by atoms with Gasteiger partial charge in [-0.15, -0.1) is 0 Å². The topological polar surface area (TPSA) is 92.3 Å². The molecule has 0 fully saturated rings. The summed E-state index contributed by atoms with van der Waals surface area (Å²) in [5.41, 5.74) is 1.51. The highest BCUT2D eigenvalue weighted by molar-refractivity contribution is 6.20. The van der Waals surface area contributed by atoms with Gasteiger partial charge in [0.1, 0.15) is 17.1 Å². The van der Waals surface area contributed by atoms with Gasteiger partial charge in [0, 0.05) is 16.3 Å². The van der Waals surface area contributed by atoms with Crippen molar-refractivity contribution in [1.82, 2.24) is 9.97 Å². The number of hydrogen-bond donors (Lipinski definition) is 2. The fourth-order valence-corrected chi connectivity index (χ4v) is 3.08. The Labute approximate surface area is 148 Å². The van der Waals surface area contributed by atoms with Crippen molar-refractivity contribution in [2.45, 2.75) is 0 Å². The van der Waals surface area contributed by atoms with E-state index in [2.05, 4.69) is 9.97 Å². The van der Waals surface area contributed by atoms with Gasteiger partial charge in [-0.2, -0.15) is 0 Å². The average molecular weight is 346 g/mol. The molecule has 128 valence electrons. The van der Waals surface area contributed by atoms with Gasteiger partial charge in [0.05, 0.1) is 18.2 Å². The highest BCUT2D eigenvalue weighted by Gasteiger charge is 2.22. The quantitative estimate of drug-likeness (QED) is 0.550. The number of aromatic nitrogens is 2. The van der Waals surface area contributed by atoms with Crippen molar-refractivity contribution in [1.29, 1.82) is 0 Å². The Morgan fingerprint density at radius 1 is 1.04 bits per heavy atom. The minimum atomic E-state index is -1.19. The van der Waals surface area contributed by atoms with E-state index in [4.69, 9.17) is 4.74 Å². The molecule has 0 atom stereocenters. The molecule has 0 saturated heterocycles. The van der Waals surface area contributed by atoms with Crippen molar-refractivity contribution >= 4 is 33.6 Å². The molecule has 6 heteroatoms. The summed E-state index contributed by atoms with van der Waals surface area (Å²) in [5, 5.41) is 10.9. The first-order valence-corrected chi connectivity index (χ1v) is 7.92. The van der Waals surface area contributed by atoms with Gasteiger partial charge in [-0.3, -0.25) is 4.79 Å². The first-order valence-electron chi connectivity index (χ1n) is 7.92. The van der Waals surface area contributed by atoms with Crippen molar-refractivity contribution < 1.29 is 19.4 Å². The number of carbonyl (C=O) groups excluding carboxylic acids is 1. The van der Waals surface area contributed by atoms with Gasteiger partial charge >= 0.3 is 5.97 Å². The lowest BCUT2D eigenvalue weighted by atomic mass is 10.0. The average Bonchev–Trinajstić information content (AvgIpc) is 3.05. The summed E-state index contributed by atoms with van der Waals surface area (Å²) >= 11 is 0. The van der Waals surface area contributed by atoms with Gasteiger partial charge in [-0.25, -0.2) is 9.78 Å². The molecule has 2 aromatic heterocycles. The first kappa shape index (κ1) is 15.8. The summed E-state index contributed by atoms with van der Waals surface area (Å²) in [6.45, 7) is 0. The Morgan fingerprint density at radius 3 is 2.54 bits per heavy atom. The molecule has 0 unspecified atom stereocenters. The van der Waals surface area contributed by atoms with Crippen molar-refractivity contribution in [3.63, 3.8) is 0 Å². The van der Waals surface area contributed by atoms with Gasteiger partial charge in [-0.1, -0.05) is 30.3 Å². The summed E-state index contributed by atoms with van der Waals surface area (Å²) in [5.74, 6) is -1.18. The highest BCUT2D eigenvalue weighted by atomic mass is 16.5. The van der Waals surface area contributed by atoms with Crippen LogP contribution in [0.15, 0.2) is 54.6 Å². The Kier molecular flexibility index (Phi) is 3.65. The summed E-state index contributed by atoms with van der Waals surface area (Å²) in [6, 6.07) is 15.7. The van der Waals surface area contributed by atoms with Crippen LogP contribution in [0.4, 0.5) is 0 Å². The number of carbonyl (C=O) groups is 2. The maximum absolute atomic E-state index is 13.1. The van der Waals surface area contributed by atoms with E-state index in [1.54, 1.807) is 24.3 Å². The number of fused-ring (bicyclic) bond motifs is 3. The number of benzene rings is 2. The van der Waals surface area contributed by atoms with Crippen molar-refractivity contribution in [3.8, 4) is 5.75 Å². The number of pyridine rings is 1. The van der Waals surface area contributed by atoms with Gasteiger partial charge < -0.3 is 14.8 Å². The zero-order valence-electron chi connectivity index (χ0n) is 13.8. The van der Waals surface area contributed by atoms with E-state index < -0.39 is 11.8 Å². The lowest BCUT2D eigenvalue weighted by molar-refractivity contribution is 0.0690. The summed E-state index contributed by atoms with van der Waals surface area (Å²) in [4.78, 5) is 32.0. The predicted molar refractivity (Wildman–Crippen MR) is 97.0 cm³/mol. The maximum Gasteiger partial charge on any atom is 0.354 e. The third-order valence-corrected chi connectivity index (χ3v) is 4.28. The monoisotopic (exact) mass is 346 g/mol. The molecule has 0 aliphatic heterocycles. The predicted octanol–water partition coefficient (Wildman–Crippen LogP) is 3.65. The molecule has 0 aliphatic carbocycles. The number of nitrogens with one attached hydrogen (secondary N) is 1. The van der Waals surface area contributed by atoms with E-state index in [0.29, 0.717) is 22.2 Å². The molecule has 0 saturated carbocycles. The van der Waals surface area contributed by atoms with Crippen LogP contribution in [0.2, 0.25) is 0 Å². The number of carboxylic acids is 1. The summed E-state index contributed by atoms with van der Waals surface area (Å²) < 4.78 is 5.26. The van der Waals surface area contributed by atoms with Crippen LogP contribution in [0, 0.1) is 0 Å². The number of nitrogens with zero attached hydrogens (tertiary/aromatic N) is 1. The van der Waals surface area contributed by atoms with Crippen LogP contribution in [-0.4, -0.2) is 33.9 Å². The van der Waals surface area contributed by atoms with Crippen LogP contribution < -0.4 is 4.74 Å². The maximum atomic E-state index is 13.1. The zero-order chi connectivity index (χ0) is 18.3. The number of carboxylic acid groups (broad SMARTS) is 1. The Hall–Kier alpha value is -3.67. The van der Waals surface area contributed by atoms with Gasteiger partial charge in [0.15, 0.2) is 0 Å². The molecule has 26 heavy (non-hydrogen) atoms. The van der Waals surface area contributed by atoms with Crippen LogP contribution in [0.1, 0.15) is 26.5 Å². The van der Waals surface area contributed by atoms with Crippen LogP contribution in [-0.2, 0) is 0 Å². The molecular weight excluding hydrogens is 332 g/mol. The lowest BCUT2D eigenvalue weighted by Crippen LogP contribution is -2.11. The normalized spacial score (nSPS) is 11.0. The minimum Gasteiger partial charge on any atom is -0.496 e. The molecule has 0 spiro atoms. The number of rotatable bonds is 4. The Balaban J connectivity index is 2.04. The SMILES string of the molecule is COc1ccccc1C(=O)c1nc(C(=O)O)cc2c1[nH]c1ccccc12. The molecule has 4 rings (SSSR count). The number of para-hydroxylation sites is 2. The second-order valence-electron chi connectivity index (χ2n) is 5.78. The third kappa shape index (κ3) is 2.39. The number of ether oxygens (including phenoxy) is 1. The van der Waals surface area contributed by atoms with Crippen molar-refractivity contribution in [2.24, 2.45) is 0 Å². The minimum absolute atomic E-state index is 0.0561. The second-order valence-corrected chi connectivity index (χ2v) is 5.78. The van der Waals surface area contributed by atoms with E-state index in [-0.39, 0.29) is 11.4 Å². The standard InChI is InChI=1S/C20H14N2O4/c1-26-16-9-5-3-7-12(16)19(23)18-17-13(10-15(22-18)20(24)25)11-6-2-4-8-14(11)21-17/h2-10,21H,1H3,(H,24,25). The van der Waals surface area contributed by atoms with Crippen LogP contribution >= 0.6 is 0 Å². The number of hydrogen-bond acceptors (Lipinski definition) is 4. The fourth-order valence-electron chi connectivity index (χ4n) is 3.08. The van der Waals surface area contributed by atoms with Crippen molar-refractivity contribution in [3.05, 3.63) is 71.5 Å². The van der Waals surface area contributed by atoms with Crippen LogP contribution in [0.25, 0.3) is 21.8 Å². The number of methoxy groups -OCH3 is 1. The largest absolute Gasteiger partial charge is 0.496 e. The molecule has 2 heterocycles. The van der Waals surface area contributed by atoms with Crippen molar-refractivity contribution in [2.75, 3.05) is 7.11 Å². The zero-order valence-corrected chi connectivity index (χ0v) is 13.8. The molecule has 0 radical (unpaired) electrons. The Morgan fingerprint density at radius 2 is 1.77 bits per heavy atom. The molecule has 4 aromatic rings. The summed E-state index contributed by atoms with van der Waals surface area (Å²) in [7, 11) is 1.48. The number of H-pyrrole nitrogens is 1. The summed E-state index contributed by atoms with van der Waals surface area (Å²) in [6.07, 6.45) is 0. The second kappa shape index (κ2) is 6.00. The third-order valence-electron chi connectivity index (χ3n) is 4.28. The highest BCUT2D eigenvalue weighted by Crippen LogP contribution is 2.30. The number of aromatic amines is 1. The van der Waals surface area contributed by atoms with Crippen LogP contribution in [0.3, 0.4) is 0 Å². The molecular formula is C20H14N2O4. The fraction of sp³-hybridized carbons (Fsp3) is 0.0500. The van der Waals surface area contributed by atoms with E-state index in [1.165, 1.54) is 13.2 Å². The molecule has 6 nitrogen and oxygen atoms in total. The first-order chi connectivity index (χ1) is 12.6. The Bertz CT molecular complexity index is 1180. The molecule has 0 bridgehead atoms. The van der Waals surface area contributed by atoms with Crippen LogP contribution in [0.5, 0.6) is 5.75 Å². The smallest absolute Gasteiger partial charge is 0.354 e. The van der Waals surface area contributed by atoms with E-state index in [0.717, 1.165) is 10.9 Å². The van der Waals surface area contributed by atoms with E-state index in [9.17, 15) is 14.7 Å². The van der Waals surface area contributed by atoms with Gasteiger partial charge in [0.25, 0.3) is 0 Å². The van der Waals surface area contributed by atoms with Gasteiger partial charge in [0.2, 0.25) is 5.78 Å².